The predicted molar refractivity (Wildman–Crippen MR) is 138 cm³/mol. The molecule has 224 valence electrons. The summed E-state index contributed by atoms with van der Waals surface area (Å²) in [6.45, 7) is 0.270. The minimum absolute atomic E-state index is 0.00234. The molecule has 0 aliphatic heterocycles. The molecular weight excluding hydrogens is 561 g/mol. The summed E-state index contributed by atoms with van der Waals surface area (Å²) in [5.41, 5.74) is 0.00136. The molecular formula is C26H34F5N3O5S. The van der Waals surface area contributed by atoms with Crippen LogP contribution in [0, 0.1) is 6.92 Å². The van der Waals surface area contributed by atoms with E-state index in [0.717, 1.165) is 6.26 Å². The van der Waals surface area contributed by atoms with Crippen molar-refractivity contribution in [2.75, 3.05) is 12.8 Å². The molecule has 2 N–H and O–H groups in total. The van der Waals surface area contributed by atoms with Gasteiger partial charge in [-0.05, 0) is 70.1 Å². The molecule has 1 aromatic carbocycles. The van der Waals surface area contributed by atoms with Crippen LogP contribution in [-0.4, -0.2) is 65.7 Å². The summed E-state index contributed by atoms with van der Waals surface area (Å²) >= 11 is 0. The van der Waals surface area contributed by atoms with Crippen LogP contribution >= 0.6 is 0 Å². The fraction of sp³-hybridized carbons (Fsp3) is 0.615. The van der Waals surface area contributed by atoms with E-state index in [2.05, 4.69) is 10.4 Å². The molecule has 0 saturated heterocycles. The van der Waals surface area contributed by atoms with Crippen LogP contribution in [0.2, 0.25) is 0 Å². The second-order valence-corrected chi connectivity index (χ2v) is 12.6. The lowest BCUT2D eigenvalue weighted by atomic mass is 9.84. The zero-order valence-corrected chi connectivity index (χ0v) is 23.3. The van der Waals surface area contributed by atoms with Crippen LogP contribution in [-0.2, 0) is 22.8 Å². The second kappa shape index (κ2) is 12.4. The van der Waals surface area contributed by atoms with Gasteiger partial charge in [-0.3, -0.25) is 9.48 Å². The Morgan fingerprint density at radius 3 is 2.48 bits per heavy atom. The zero-order chi connectivity index (χ0) is 29.9. The maximum atomic E-state index is 13.3. The summed E-state index contributed by atoms with van der Waals surface area (Å²) in [6.07, 6.45) is -3.43. The van der Waals surface area contributed by atoms with Crippen molar-refractivity contribution in [1.82, 2.24) is 15.1 Å². The highest BCUT2D eigenvalue weighted by Gasteiger charge is 2.37. The van der Waals surface area contributed by atoms with Gasteiger partial charge >= 0.3 is 12.8 Å². The third-order valence-electron chi connectivity index (χ3n) is 7.19. The van der Waals surface area contributed by atoms with Crippen molar-refractivity contribution in [1.29, 1.82) is 0 Å². The number of aryl methyl sites for hydroxylation is 2. The van der Waals surface area contributed by atoms with E-state index in [0.29, 0.717) is 16.8 Å². The Bertz CT molecular complexity index is 1300. The third kappa shape index (κ3) is 8.15. The molecule has 40 heavy (non-hydrogen) atoms. The lowest BCUT2D eigenvalue weighted by Crippen LogP contribution is -2.47. The fourth-order valence-corrected chi connectivity index (χ4v) is 6.10. The lowest BCUT2D eigenvalue weighted by molar-refractivity contribution is -0.135. The first-order valence-electron chi connectivity index (χ1n) is 12.9. The lowest BCUT2D eigenvalue weighted by Gasteiger charge is -2.35. The topological polar surface area (TPSA) is 111 Å². The van der Waals surface area contributed by atoms with E-state index in [9.17, 15) is 40.3 Å². The molecule has 8 nitrogen and oxygen atoms in total. The zero-order valence-electron chi connectivity index (χ0n) is 22.5. The average Bonchev–Trinajstić information content (AvgIpc) is 3.17. The van der Waals surface area contributed by atoms with Gasteiger partial charge in [0.25, 0.3) is 5.91 Å². The minimum Gasteiger partial charge on any atom is -0.434 e. The molecule has 0 unspecified atom stereocenters. The molecule has 14 heteroatoms. The highest BCUT2D eigenvalue weighted by molar-refractivity contribution is 7.91. The second-order valence-electron chi connectivity index (χ2n) is 10.3. The number of ether oxygens (including phenoxy) is 1. The summed E-state index contributed by atoms with van der Waals surface area (Å²) in [5, 5.41) is 17.3. The number of hydrogen-bond donors (Lipinski definition) is 2. The summed E-state index contributed by atoms with van der Waals surface area (Å²) in [7, 11) is -3.23. The molecule has 1 aliphatic carbocycles. The number of amides is 1. The van der Waals surface area contributed by atoms with Crippen LogP contribution in [0.5, 0.6) is 5.75 Å². The molecule has 1 fully saturated rings. The van der Waals surface area contributed by atoms with Crippen LogP contribution in [0.4, 0.5) is 22.0 Å². The molecule has 1 amide bonds. The Hall–Kier alpha value is -2.74. The summed E-state index contributed by atoms with van der Waals surface area (Å²) < 4.78 is 93.8. The van der Waals surface area contributed by atoms with Crippen molar-refractivity contribution in [3.63, 3.8) is 0 Å². The molecule has 0 atom stereocenters. The third-order valence-corrected chi connectivity index (χ3v) is 8.88. The number of hydrogen-bond acceptors (Lipinski definition) is 6. The summed E-state index contributed by atoms with van der Waals surface area (Å²) in [6, 6.07) is 4.26. The van der Waals surface area contributed by atoms with Crippen molar-refractivity contribution in [3.8, 4) is 17.0 Å². The van der Waals surface area contributed by atoms with Crippen LogP contribution in [0.3, 0.4) is 0 Å². The molecule has 1 aliphatic rings. The van der Waals surface area contributed by atoms with Crippen molar-refractivity contribution < 1.29 is 45.0 Å². The predicted octanol–water partition coefficient (Wildman–Crippen LogP) is 4.81. The molecule has 3 rings (SSSR count). The van der Waals surface area contributed by atoms with Gasteiger partial charge in [-0.2, -0.15) is 27.1 Å². The quantitative estimate of drug-likeness (QED) is 0.361. The first-order valence-corrected chi connectivity index (χ1v) is 14.9. The highest BCUT2D eigenvalue weighted by Crippen LogP contribution is 2.36. The Balaban J connectivity index is 1.82. The molecule has 2 aromatic rings. The molecule has 1 saturated carbocycles. The van der Waals surface area contributed by atoms with E-state index >= 15 is 0 Å². The summed E-state index contributed by atoms with van der Waals surface area (Å²) in [4.78, 5) is 13.1. The van der Waals surface area contributed by atoms with E-state index in [1.165, 1.54) is 22.9 Å². The number of carbonyl (C=O) groups excluding carboxylic acids is 1. The van der Waals surface area contributed by atoms with Crippen molar-refractivity contribution in [3.05, 3.63) is 35.0 Å². The minimum atomic E-state index is -4.32. The molecule has 0 spiro atoms. The van der Waals surface area contributed by atoms with Gasteiger partial charge in [-0.15, -0.1) is 0 Å². The smallest absolute Gasteiger partial charge is 0.389 e. The normalized spacial score (nSPS) is 20.1. The molecule has 1 heterocycles. The first-order chi connectivity index (χ1) is 18.5. The van der Waals surface area contributed by atoms with Gasteiger partial charge in [0, 0.05) is 36.9 Å². The van der Waals surface area contributed by atoms with Crippen LogP contribution in [0.1, 0.15) is 67.1 Å². The monoisotopic (exact) mass is 595 g/mol. The Morgan fingerprint density at radius 2 is 1.93 bits per heavy atom. The van der Waals surface area contributed by atoms with Gasteiger partial charge in [0.2, 0.25) is 0 Å². The van der Waals surface area contributed by atoms with E-state index in [1.54, 1.807) is 13.8 Å². The first kappa shape index (κ1) is 31.8. The number of alkyl halides is 5. The number of aliphatic hydroxyl groups is 1. The van der Waals surface area contributed by atoms with Crippen LogP contribution in [0.15, 0.2) is 18.2 Å². The number of benzene rings is 1. The number of aromatic nitrogens is 2. The fourth-order valence-electron chi connectivity index (χ4n) is 5.00. The van der Waals surface area contributed by atoms with Gasteiger partial charge in [0.05, 0.1) is 16.5 Å². The number of nitrogens with zero attached hydrogens (tertiary/aromatic N) is 2. The maximum Gasteiger partial charge on any atom is 0.389 e. The van der Waals surface area contributed by atoms with Gasteiger partial charge in [0.15, 0.2) is 5.69 Å². The number of carbonyl (C=O) groups is 1. The number of nitrogens with one attached hydrogen (secondary N) is 1. The SMILES string of the molecule is CCn1nc(C(=O)NC[C@]2(O)CC[C@@H](S(C)(=O)=O)CC2)c(C)c1-c1ccc(CCCC(F)(F)F)cc1OC(F)F. The van der Waals surface area contributed by atoms with Crippen molar-refractivity contribution in [2.45, 2.75) is 89.0 Å². The van der Waals surface area contributed by atoms with Gasteiger partial charge in [-0.1, -0.05) is 6.07 Å². The van der Waals surface area contributed by atoms with Gasteiger partial charge in [-0.25, -0.2) is 8.42 Å². The molecule has 1 aromatic heterocycles. The van der Waals surface area contributed by atoms with Crippen molar-refractivity contribution >= 4 is 15.7 Å². The van der Waals surface area contributed by atoms with E-state index < -0.39 is 45.8 Å². The van der Waals surface area contributed by atoms with E-state index in [-0.39, 0.29) is 68.6 Å². The van der Waals surface area contributed by atoms with E-state index in [1.807, 2.05) is 0 Å². The Labute approximate surface area is 229 Å². The number of sulfone groups is 1. The van der Waals surface area contributed by atoms with Crippen molar-refractivity contribution in [2.24, 2.45) is 0 Å². The Morgan fingerprint density at radius 1 is 1.27 bits per heavy atom. The summed E-state index contributed by atoms with van der Waals surface area (Å²) in [5.74, 6) is -0.856. The standard InChI is InChI=1S/C26H34F5N3O5S/c1-4-34-22(19-8-7-17(6-5-11-26(29,30)31)14-20(19)39-24(27)28)16(2)21(33-34)23(35)32-15-25(36)12-9-18(10-13-25)40(3,37)38/h7-8,14,18,24,36H,4-6,9-13,15H2,1-3H3,(H,32,35)/t18-,25+. The number of rotatable bonds is 11. The van der Waals surface area contributed by atoms with E-state index in [4.69, 9.17) is 4.74 Å². The van der Waals surface area contributed by atoms with Gasteiger partial charge < -0.3 is 15.2 Å². The van der Waals surface area contributed by atoms with Crippen LogP contribution < -0.4 is 10.1 Å². The molecule has 0 radical (unpaired) electrons. The molecule has 0 bridgehead atoms. The largest absolute Gasteiger partial charge is 0.434 e. The highest BCUT2D eigenvalue weighted by atomic mass is 32.2. The van der Waals surface area contributed by atoms with Gasteiger partial charge in [0.1, 0.15) is 15.6 Å². The Kier molecular flexibility index (Phi) is 9.86. The maximum absolute atomic E-state index is 13.3. The number of halogens is 5. The van der Waals surface area contributed by atoms with Crippen LogP contribution in [0.25, 0.3) is 11.3 Å². The average molecular weight is 596 g/mol.